The van der Waals surface area contributed by atoms with Gasteiger partial charge >= 0.3 is 5.97 Å². The lowest BCUT2D eigenvalue weighted by atomic mass is 9.74. The highest BCUT2D eigenvalue weighted by atomic mass is 127. The number of rotatable bonds is 6. The first-order chi connectivity index (χ1) is 9.42. The van der Waals surface area contributed by atoms with Crippen LogP contribution in [0, 0.1) is 18.5 Å². The normalized spacial score (nSPS) is 13.6. The van der Waals surface area contributed by atoms with E-state index in [1.165, 1.54) is 0 Å². The predicted molar refractivity (Wildman–Crippen MR) is 95.7 cm³/mol. The zero-order valence-corrected chi connectivity index (χ0v) is 15.9. The summed E-state index contributed by atoms with van der Waals surface area (Å²) in [6.07, 6.45) is 3.04. The molecule has 20 heavy (non-hydrogen) atoms. The minimum atomic E-state index is -0.850. The molecule has 1 atom stereocenters. The van der Waals surface area contributed by atoms with Gasteiger partial charge in [-0.15, -0.1) is 0 Å². The van der Waals surface area contributed by atoms with E-state index in [9.17, 15) is 9.90 Å². The molecule has 0 bridgehead atoms. The summed E-state index contributed by atoms with van der Waals surface area (Å²) >= 11 is 4.30. The number of halogens is 2. The van der Waals surface area contributed by atoms with Crippen molar-refractivity contribution in [3.05, 3.63) is 30.4 Å². The number of nitrogens with zero attached hydrogens (tertiary/aromatic N) is 1. The summed E-state index contributed by atoms with van der Waals surface area (Å²) in [4.78, 5) is 11.9. The highest BCUT2D eigenvalue weighted by Gasteiger charge is 2.41. The molecule has 1 aromatic carbocycles. The van der Waals surface area contributed by atoms with Gasteiger partial charge < -0.3 is 5.11 Å². The molecule has 0 heterocycles. The lowest BCUT2D eigenvalue weighted by molar-refractivity contribution is -0.144. The summed E-state index contributed by atoms with van der Waals surface area (Å²) in [5, 5.41) is 18.8. The monoisotopic (exact) mass is 497 g/mol. The molecule has 1 unspecified atom stereocenters. The van der Waals surface area contributed by atoms with Crippen LogP contribution < -0.4 is 0 Å². The van der Waals surface area contributed by atoms with Crippen molar-refractivity contribution < 1.29 is 9.90 Å². The molecule has 0 saturated heterocycles. The van der Waals surface area contributed by atoms with Crippen molar-refractivity contribution in [3.63, 3.8) is 0 Å². The molecule has 0 amide bonds. The first-order valence-electron chi connectivity index (χ1n) is 6.56. The zero-order valence-electron chi connectivity index (χ0n) is 11.5. The Morgan fingerprint density at radius 1 is 1.35 bits per heavy atom. The molecule has 0 aliphatic heterocycles. The standard InChI is InChI=1S/C15H17I2NO2/c1-3-5-6-15(4-2,14(19)20)13-11(16)7-10(9-18)8-12(13)17/h7-8H,3-6H2,1-2H3,(H,19,20). The van der Waals surface area contributed by atoms with Crippen LogP contribution in [0.4, 0.5) is 0 Å². The molecule has 0 aliphatic carbocycles. The molecule has 5 heteroatoms. The number of hydrogen-bond acceptors (Lipinski definition) is 2. The van der Waals surface area contributed by atoms with Crippen molar-refractivity contribution in [2.45, 2.75) is 44.9 Å². The van der Waals surface area contributed by atoms with E-state index >= 15 is 0 Å². The fraction of sp³-hybridized carbons (Fsp3) is 0.467. The third-order valence-electron chi connectivity index (χ3n) is 3.62. The molecular formula is C15H17I2NO2. The second-order valence-electron chi connectivity index (χ2n) is 4.77. The second kappa shape index (κ2) is 7.59. The first-order valence-corrected chi connectivity index (χ1v) is 8.71. The van der Waals surface area contributed by atoms with E-state index < -0.39 is 11.4 Å². The molecule has 0 aromatic heterocycles. The number of unbranched alkanes of at least 4 members (excludes halogenated alkanes) is 1. The van der Waals surface area contributed by atoms with Gasteiger partial charge in [0.1, 0.15) is 0 Å². The molecule has 3 nitrogen and oxygen atoms in total. The van der Waals surface area contributed by atoms with Gasteiger partial charge in [-0.05, 0) is 75.7 Å². The Labute approximate surface area is 147 Å². The number of benzene rings is 1. The summed E-state index contributed by atoms with van der Waals surface area (Å²) in [5.41, 5.74) is 0.589. The van der Waals surface area contributed by atoms with Crippen LogP contribution >= 0.6 is 45.2 Å². The average Bonchev–Trinajstić information content (AvgIpc) is 2.41. The van der Waals surface area contributed by atoms with Gasteiger partial charge in [0, 0.05) is 7.14 Å². The SMILES string of the molecule is CCCCC(CC)(C(=O)O)c1c(I)cc(C#N)cc1I. The van der Waals surface area contributed by atoms with Crippen molar-refractivity contribution in [2.24, 2.45) is 0 Å². The molecule has 0 fully saturated rings. The summed E-state index contributed by atoms with van der Waals surface area (Å²) in [6.45, 7) is 3.99. The smallest absolute Gasteiger partial charge is 0.314 e. The van der Waals surface area contributed by atoms with Crippen LogP contribution in [-0.4, -0.2) is 11.1 Å². The van der Waals surface area contributed by atoms with Crippen LogP contribution in [0.2, 0.25) is 0 Å². The van der Waals surface area contributed by atoms with Gasteiger partial charge in [0.15, 0.2) is 0 Å². The van der Waals surface area contributed by atoms with Crippen LogP contribution in [0.5, 0.6) is 0 Å². The molecule has 1 aromatic rings. The Morgan fingerprint density at radius 2 is 1.90 bits per heavy atom. The Kier molecular flexibility index (Phi) is 6.72. The summed E-state index contributed by atoms with van der Waals surface area (Å²) in [6, 6.07) is 5.67. The maximum Gasteiger partial charge on any atom is 0.314 e. The zero-order chi connectivity index (χ0) is 15.3. The Balaban J connectivity index is 3.49. The third-order valence-corrected chi connectivity index (χ3v) is 5.32. The van der Waals surface area contributed by atoms with E-state index in [2.05, 4.69) is 58.2 Å². The van der Waals surface area contributed by atoms with Crippen LogP contribution in [0.1, 0.15) is 50.7 Å². The Hall–Kier alpha value is -0.360. The molecule has 1 rings (SSSR count). The van der Waals surface area contributed by atoms with E-state index in [4.69, 9.17) is 5.26 Å². The lowest BCUT2D eigenvalue weighted by Gasteiger charge is -2.31. The van der Waals surface area contributed by atoms with Crippen LogP contribution in [-0.2, 0) is 10.2 Å². The van der Waals surface area contributed by atoms with Gasteiger partial charge in [-0.3, -0.25) is 4.79 Å². The Bertz CT molecular complexity index is 528. The largest absolute Gasteiger partial charge is 0.481 e. The van der Waals surface area contributed by atoms with Gasteiger partial charge in [-0.25, -0.2) is 0 Å². The van der Waals surface area contributed by atoms with Gasteiger partial charge in [0.25, 0.3) is 0 Å². The summed E-state index contributed by atoms with van der Waals surface area (Å²) < 4.78 is 1.73. The van der Waals surface area contributed by atoms with Crippen molar-refractivity contribution in [3.8, 4) is 6.07 Å². The maximum absolute atomic E-state index is 11.9. The highest BCUT2D eigenvalue weighted by Crippen LogP contribution is 2.39. The van der Waals surface area contributed by atoms with Gasteiger partial charge in [0.05, 0.1) is 17.0 Å². The molecule has 108 valence electrons. The third kappa shape index (κ3) is 3.45. The van der Waals surface area contributed by atoms with Crippen molar-refractivity contribution in [2.75, 3.05) is 0 Å². The van der Waals surface area contributed by atoms with Gasteiger partial charge in [0.2, 0.25) is 0 Å². The van der Waals surface area contributed by atoms with Crippen molar-refractivity contribution >= 4 is 51.2 Å². The molecular weight excluding hydrogens is 480 g/mol. The number of aliphatic carboxylic acids is 1. The second-order valence-corrected chi connectivity index (χ2v) is 7.10. The minimum absolute atomic E-state index is 0.556. The average molecular weight is 497 g/mol. The highest BCUT2D eigenvalue weighted by molar-refractivity contribution is 14.1. The molecule has 1 N–H and O–H groups in total. The molecule has 0 spiro atoms. The van der Waals surface area contributed by atoms with E-state index in [1.54, 1.807) is 12.1 Å². The van der Waals surface area contributed by atoms with Crippen LogP contribution in [0.3, 0.4) is 0 Å². The van der Waals surface area contributed by atoms with E-state index in [0.717, 1.165) is 25.5 Å². The van der Waals surface area contributed by atoms with E-state index in [0.29, 0.717) is 18.4 Å². The van der Waals surface area contributed by atoms with E-state index in [-0.39, 0.29) is 0 Å². The first kappa shape index (κ1) is 17.7. The number of carboxylic acid groups (broad SMARTS) is 1. The molecule has 0 saturated carbocycles. The van der Waals surface area contributed by atoms with Crippen molar-refractivity contribution in [1.82, 2.24) is 0 Å². The number of carbonyl (C=O) groups is 1. The summed E-state index contributed by atoms with van der Waals surface area (Å²) in [5.74, 6) is -0.769. The number of nitriles is 1. The quantitative estimate of drug-likeness (QED) is 0.581. The summed E-state index contributed by atoms with van der Waals surface area (Å²) in [7, 11) is 0. The fourth-order valence-electron chi connectivity index (χ4n) is 2.42. The van der Waals surface area contributed by atoms with Gasteiger partial charge in [-0.1, -0.05) is 26.7 Å². The lowest BCUT2D eigenvalue weighted by Crippen LogP contribution is -2.37. The van der Waals surface area contributed by atoms with Crippen LogP contribution in [0.25, 0.3) is 0 Å². The Morgan fingerprint density at radius 3 is 2.25 bits per heavy atom. The topological polar surface area (TPSA) is 61.1 Å². The van der Waals surface area contributed by atoms with Gasteiger partial charge in [-0.2, -0.15) is 5.26 Å². The number of hydrogen-bond donors (Lipinski definition) is 1. The fourth-order valence-corrected chi connectivity index (χ4v) is 5.22. The molecule has 0 radical (unpaired) electrons. The van der Waals surface area contributed by atoms with Crippen molar-refractivity contribution in [1.29, 1.82) is 5.26 Å². The van der Waals surface area contributed by atoms with Crippen LogP contribution in [0.15, 0.2) is 12.1 Å². The number of carboxylic acids is 1. The predicted octanol–water partition coefficient (Wildman–Crippen LogP) is 4.69. The molecule has 0 aliphatic rings. The van der Waals surface area contributed by atoms with E-state index in [1.807, 2.05) is 6.92 Å². The maximum atomic E-state index is 11.9. The minimum Gasteiger partial charge on any atom is -0.481 e.